The number of benzene rings is 2. The molecule has 3 aromatic rings. The van der Waals surface area contributed by atoms with Gasteiger partial charge in [0.15, 0.2) is 0 Å². The molecule has 0 amide bonds. The van der Waals surface area contributed by atoms with Crippen molar-refractivity contribution < 1.29 is 9.18 Å². The average Bonchev–Trinajstić information content (AvgIpc) is 2.97. The highest BCUT2D eigenvalue weighted by molar-refractivity contribution is 6.07. The summed E-state index contributed by atoms with van der Waals surface area (Å²) >= 11 is 0. The molecule has 0 unspecified atom stereocenters. The fraction of sp³-hybridized carbons (Fsp3) is 0.0588. The lowest BCUT2D eigenvalue weighted by Gasteiger charge is -2.04. The van der Waals surface area contributed by atoms with Crippen LogP contribution < -0.4 is 0 Å². The number of hydrogen-bond acceptors (Lipinski definition) is 2. The molecule has 0 spiro atoms. The van der Waals surface area contributed by atoms with Crippen LogP contribution in [0, 0.1) is 12.7 Å². The predicted molar refractivity (Wildman–Crippen MR) is 78.1 cm³/mol. The number of nitrogens with zero attached hydrogens (tertiary/aromatic N) is 2. The van der Waals surface area contributed by atoms with E-state index in [9.17, 15) is 9.18 Å². The van der Waals surface area contributed by atoms with Crippen molar-refractivity contribution in [1.82, 2.24) is 9.55 Å². The molecule has 0 N–H and O–H groups in total. The molecule has 4 heteroatoms. The first-order chi connectivity index (χ1) is 10.1. The first kappa shape index (κ1) is 13.2. The molecule has 0 saturated heterocycles. The van der Waals surface area contributed by atoms with Crippen molar-refractivity contribution in [3.8, 4) is 5.69 Å². The highest BCUT2D eigenvalue weighted by Crippen LogP contribution is 2.15. The van der Waals surface area contributed by atoms with E-state index in [2.05, 4.69) is 4.98 Å². The van der Waals surface area contributed by atoms with E-state index in [1.165, 1.54) is 24.3 Å². The maximum atomic E-state index is 12.9. The largest absolute Gasteiger partial charge is 0.305 e. The number of rotatable bonds is 3. The SMILES string of the molecule is Cc1ccccc1-n1cnc(C(=O)c2ccc(F)cc2)c1. The number of ketones is 1. The van der Waals surface area contributed by atoms with Crippen LogP contribution in [0.25, 0.3) is 5.69 Å². The zero-order chi connectivity index (χ0) is 14.8. The minimum absolute atomic E-state index is 0.220. The highest BCUT2D eigenvalue weighted by Gasteiger charge is 2.13. The molecule has 3 rings (SSSR count). The summed E-state index contributed by atoms with van der Waals surface area (Å²) in [5.74, 6) is -0.584. The Morgan fingerprint density at radius 1 is 1.10 bits per heavy atom. The highest BCUT2D eigenvalue weighted by atomic mass is 19.1. The minimum Gasteiger partial charge on any atom is -0.305 e. The van der Waals surface area contributed by atoms with Crippen LogP contribution in [0.3, 0.4) is 0 Å². The van der Waals surface area contributed by atoms with Gasteiger partial charge in [-0.15, -0.1) is 0 Å². The van der Waals surface area contributed by atoms with Gasteiger partial charge in [0.2, 0.25) is 5.78 Å². The first-order valence-corrected chi connectivity index (χ1v) is 6.55. The van der Waals surface area contributed by atoms with Crippen LogP contribution in [0.2, 0.25) is 0 Å². The monoisotopic (exact) mass is 280 g/mol. The molecule has 3 nitrogen and oxygen atoms in total. The van der Waals surface area contributed by atoms with Gasteiger partial charge in [-0.1, -0.05) is 18.2 Å². The van der Waals surface area contributed by atoms with Gasteiger partial charge < -0.3 is 4.57 Å². The zero-order valence-corrected chi connectivity index (χ0v) is 11.5. The number of carbonyl (C=O) groups is 1. The Balaban J connectivity index is 1.93. The Kier molecular flexibility index (Phi) is 3.36. The van der Waals surface area contributed by atoms with E-state index in [1.807, 2.05) is 35.8 Å². The van der Waals surface area contributed by atoms with Crippen LogP contribution in [0.1, 0.15) is 21.6 Å². The Morgan fingerprint density at radius 2 is 1.81 bits per heavy atom. The number of hydrogen-bond donors (Lipinski definition) is 0. The lowest BCUT2D eigenvalue weighted by molar-refractivity contribution is 0.103. The Bertz CT molecular complexity index is 791. The first-order valence-electron chi connectivity index (χ1n) is 6.55. The normalized spacial score (nSPS) is 10.6. The molecule has 0 bridgehead atoms. The van der Waals surface area contributed by atoms with Crippen molar-refractivity contribution >= 4 is 5.78 Å². The van der Waals surface area contributed by atoms with E-state index in [0.29, 0.717) is 11.3 Å². The predicted octanol–water partition coefficient (Wildman–Crippen LogP) is 3.55. The summed E-state index contributed by atoms with van der Waals surface area (Å²) in [6.07, 6.45) is 3.30. The van der Waals surface area contributed by atoms with Gasteiger partial charge in [0.1, 0.15) is 17.8 Å². The second-order valence-corrected chi connectivity index (χ2v) is 4.79. The van der Waals surface area contributed by atoms with Gasteiger partial charge in [0.05, 0.1) is 0 Å². The fourth-order valence-electron chi connectivity index (χ4n) is 2.17. The third kappa shape index (κ3) is 2.60. The third-order valence-electron chi connectivity index (χ3n) is 3.32. The van der Waals surface area contributed by atoms with Crippen LogP contribution in [0.5, 0.6) is 0 Å². The Morgan fingerprint density at radius 3 is 2.52 bits per heavy atom. The molecular formula is C17H13FN2O. The summed E-state index contributed by atoms with van der Waals surface area (Å²) < 4.78 is 14.7. The maximum absolute atomic E-state index is 12.9. The van der Waals surface area contributed by atoms with Gasteiger partial charge in [-0.2, -0.15) is 0 Å². The van der Waals surface area contributed by atoms with Crippen LogP contribution in [-0.4, -0.2) is 15.3 Å². The molecule has 0 radical (unpaired) electrons. The van der Waals surface area contributed by atoms with Gasteiger partial charge in [0.25, 0.3) is 0 Å². The number of aromatic nitrogens is 2. The second kappa shape index (κ2) is 5.32. The number of para-hydroxylation sites is 1. The standard InChI is InChI=1S/C17H13FN2O/c1-12-4-2-3-5-16(12)20-10-15(19-11-20)17(21)13-6-8-14(18)9-7-13/h2-11H,1H3. The lowest BCUT2D eigenvalue weighted by Crippen LogP contribution is -2.01. The molecule has 0 saturated carbocycles. The van der Waals surface area contributed by atoms with Crippen molar-refractivity contribution in [1.29, 1.82) is 0 Å². The molecule has 0 aliphatic rings. The van der Waals surface area contributed by atoms with Gasteiger partial charge in [0, 0.05) is 17.4 Å². The third-order valence-corrected chi connectivity index (χ3v) is 3.32. The van der Waals surface area contributed by atoms with Crippen LogP contribution in [0.15, 0.2) is 61.1 Å². The molecule has 0 atom stereocenters. The number of aryl methyl sites for hydroxylation is 1. The number of carbonyl (C=O) groups excluding carboxylic acids is 1. The lowest BCUT2D eigenvalue weighted by atomic mass is 10.1. The molecule has 0 aliphatic heterocycles. The fourth-order valence-corrected chi connectivity index (χ4v) is 2.17. The Hall–Kier alpha value is -2.75. The molecule has 0 fully saturated rings. The second-order valence-electron chi connectivity index (χ2n) is 4.79. The van der Waals surface area contributed by atoms with E-state index in [4.69, 9.17) is 0 Å². The van der Waals surface area contributed by atoms with Gasteiger partial charge in [-0.3, -0.25) is 4.79 Å². The minimum atomic E-state index is -0.364. The van der Waals surface area contributed by atoms with E-state index >= 15 is 0 Å². The van der Waals surface area contributed by atoms with Crippen LogP contribution in [0.4, 0.5) is 4.39 Å². The summed E-state index contributed by atoms with van der Waals surface area (Å²) in [7, 11) is 0. The van der Waals surface area contributed by atoms with Gasteiger partial charge in [-0.25, -0.2) is 9.37 Å². The molecule has 1 aromatic heterocycles. The number of imidazole rings is 1. The summed E-state index contributed by atoms with van der Waals surface area (Å²) in [5, 5.41) is 0. The summed E-state index contributed by atoms with van der Waals surface area (Å²) in [6.45, 7) is 2.00. The number of halogens is 1. The van der Waals surface area contributed by atoms with E-state index in [0.717, 1.165) is 11.3 Å². The van der Waals surface area contributed by atoms with Crippen molar-refractivity contribution in [2.24, 2.45) is 0 Å². The Labute approximate surface area is 121 Å². The van der Waals surface area contributed by atoms with Crippen LogP contribution >= 0.6 is 0 Å². The molecule has 2 aromatic carbocycles. The van der Waals surface area contributed by atoms with Crippen molar-refractivity contribution in [2.75, 3.05) is 0 Å². The van der Waals surface area contributed by atoms with Crippen molar-refractivity contribution in [3.05, 3.63) is 83.7 Å². The topological polar surface area (TPSA) is 34.9 Å². The molecule has 0 aliphatic carbocycles. The smallest absolute Gasteiger partial charge is 0.212 e. The van der Waals surface area contributed by atoms with E-state index in [1.54, 1.807) is 12.5 Å². The molecule has 1 heterocycles. The summed E-state index contributed by atoms with van der Waals surface area (Å²) in [5.41, 5.74) is 2.83. The zero-order valence-electron chi connectivity index (χ0n) is 11.5. The molecule has 104 valence electrons. The quantitative estimate of drug-likeness (QED) is 0.688. The van der Waals surface area contributed by atoms with Gasteiger partial charge in [-0.05, 0) is 42.8 Å². The van der Waals surface area contributed by atoms with Crippen molar-refractivity contribution in [3.63, 3.8) is 0 Å². The van der Waals surface area contributed by atoms with Gasteiger partial charge >= 0.3 is 0 Å². The van der Waals surface area contributed by atoms with E-state index < -0.39 is 0 Å². The molecular weight excluding hydrogens is 267 g/mol. The summed E-state index contributed by atoms with van der Waals surface area (Å²) in [6, 6.07) is 13.3. The molecule has 21 heavy (non-hydrogen) atoms. The average molecular weight is 280 g/mol. The van der Waals surface area contributed by atoms with E-state index in [-0.39, 0.29) is 11.6 Å². The van der Waals surface area contributed by atoms with Crippen molar-refractivity contribution in [2.45, 2.75) is 6.92 Å². The summed E-state index contributed by atoms with van der Waals surface area (Å²) in [4.78, 5) is 16.4. The van der Waals surface area contributed by atoms with Crippen LogP contribution in [-0.2, 0) is 0 Å². The maximum Gasteiger partial charge on any atom is 0.212 e.